The fourth-order valence-electron chi connectivity index (χ4n) is 1.71. The molecule has 0 aliphatic carbocycles. The zero-order valence-electron chi connectivity index (χ0n) is 11.1. The van der Waals surface area contributed by atoms with Gasteiger partial charge in [-0.3, -0.25) is 10.1 Å². The Morgan fingerprint density at radius 1 is 1.29 bits per heavy atom. The van der Waals surface area contributed by atoms with E-state index < -0.39 is 10.7 Å². The maximum absolute atomic E-state index is 13.8. The molecule has 0 amide bonds. The highest BCUT2D eigenvalue weighted by Gasteiger charge is 2.10. The van der Waals surface area contributed by atoms with Crippen molar-refractivity contribution in [1.82, 2.24) is 0 Å². The topological polar surface area (TPSA) is 90.4 Å². The van der Waals surface area contributed by atoms with Gasteiger partial charge in [0, 0.05) is 24.4 Å². The number of nitrogens with one attached hydrogen (secondary N) is 1. The molecular formula is C14H14FN3O3. The number of halogens is 1. The average molecular weight is 291 g/mol. The summed E-state index contributed by atoms with van der Waals surface area (Å²) in [6.07, 6.45) is 0. The number of hydrogen-bond acceptors (Lipinski definition) is 5. The van der Waals surface area contributed by atoms with E-state index in [9.17, 15) is 14.5 Å². The van der Waals surface area contributed by atoms with Crippen LogP contribution in [0.4, 0.5) is 21.5 Å². The molecular weight excluding hydrogens is 277 g/mol. The van der Waals surface area contributed by atoms with Crippen LogP contribution in [-0.2, 0) is 0 Å². The smallest absolute Gasteiger partial charge is 0.272 e. The van der Waals surface area contributed by atoms with Gasteiger partial charge in [-0.15, -0.1) is 0 Å². The number of benzene rings is 2. The summed E-state index contributed by atoms with van der Waals surface area (Å²) < 4.78 is 19.2. The summed E-state index contributed by atoms with van der Waals surface area (Å²) in [5.74, 6) is -0.0924. The Morgan fingerprint density at radius 3 is 2.76 bits per heavy atom. The lowest BCUT2D eigenvalue weighted by molar-refractivity contribution is -0.385. The second kappa shape index (κ2) is 6.67. The molecule has 0 aliphatic rings. The van der Waals surface area contributed by atoms with Crippen LogP contribution >= 0.6 is 0 Å². The van der Waals surface area contributed by atoms with Crippen molar-refractivity contribution < 1.29 is 14.1 Å². The van der Waals surface area contributed by atoms with Gasteiger partial charge < -0.3 is 15.8 Å². The van der Waals surface area contributed by atoms with Crippen LogP contribution in [0, 0.1) is 15.9 Å². The Bertz CT molecular complexity index is 649. The number of ether oxygens (including phenoxy) is 1. The lowest BCUT2D eigenvalue weighted by Gasteiger charge is -2.10. The van der Waals surface area contributed by atoms with E-state index >= 15 is 0 Å². The number of hydrogen-bond donors (Lipinski definition) is 2. The third kappa shape index (κ3) is 3.90. The van der Waals surface area contributed by atoms with Crippen LogP contribution in [-0.4, -0.2) is 18.1 Å². The average Bonchev–Trinajstić information content (AvgIpc) is 2.47. The van der Waals surface area contributed by atoms with Crippen molar-refractivity contribution in [2.24, 2.45) is 5.73 Å². The molecule has 0 fully saturated rings. The van der Waals surface area contributed by atoms with E-state index in [0.29, 0.717) is 24.6 Å². The van der Waals surface area contributed by atoms with Gasteiger partial charge in [-0.1, -0.05) is 6.07 Å². The molecule has 0 saturated heterocycles. The second-order valence-electron chi connectivity index (χ2n) is 4.21. The van der Waals surface area contributed by atoms with Crippen molar-refractivity contribution in [1.29, 1.82) is 0 Å². The first kappa shape index (κ1) is 14.7. The number of nitrogens with zero attached hydrogens (tertiary/aromatic N) is 1. The van der Waals surface area contributed by atoms with Crippen LogP contribution in [0.1, 0.15) is 0 Å². The van der Waals surface area contributed by atoms with Crippen LogP contribution in [0.3, 0.4) is 0 Å². The van der Waals surface area contributed by atoms with E-state index in [2.05, 4.69) is 5.32 Å². The summed E-state index contributed by atoms with van der Waals surface area (Å²) >= 11 is 0. The summed E-state index contributed by atoms with van der Waals surface area (Å²) in [4.78, 5) is 9.91. The van der Waals surface area contributed by atoms with Crippen molar-refractivity contribution >= 4 is 17.1 Å². The minimum absolute atomic E-state index is 0.150. The van der Waals surface area contributed by atoms with Crippen molar-refractivity contribution in [3.8, 4) is 5.75 Å². The number of nitro benzene ring substituents is 1. The molecule has 2 rings (SSSR count). The summed E-state index contributed by atoms with van der Waals surface area (Å²) in [5, 5.41) is 13.4. The maximum atomic E-state index is 13.8. The maximum Gasteiger partial charge on any atom is 0.272 e. The molecule has 0 atom stereocenters. The lowest BCUT2D eigenvalue weighted by Crippen LogP contribution is -2.10. The third-order valence-electron chi connectivity index (χ3n) is 2.66. The highest BCUT2D eigenvalue weighted by molar-refractivity contribution is 5.63. The van der Waals surface area contributed by atoms with Gasteiger partial charge >= 0.3 is 0 Å². The van der Waals surface area contributed by atoms with Crippen molar-refractivity contribution in [3.05, 3.63) is 58.4 Å². The molecule has 0 spiro atoms. The van der Waals surface area contributed by atoms with E-state index in [-0.39, 0.29) is 11.4 Å². The molecule has 21 heavy (non-hydrogen) atoms. The van der Waals surface area contributed by atoms with Gasteiger partial charge in [0.1, 0.15) is 12.4 Å². The van der Waals surface area contributed by atoms with Gasteiger partial charge in [-0.2, -0.15) is 0 Å². The molecule has 2 aromatic rings. The molecule has 0 unspecified atom stereocenters. The molecule has 0 bridgehead atoms. The van der Waals surface area contributed by atoms with Crippen LogP contribution in [0.5, 0.6) is 5.75 Å². The highest BCUT2D eigenvalue weighted by Crippen LogP contribution is 2.25. The second-order valence-corrected chi connectivity index (χ2v) is 4.21. The molecule has 0 radical (unpaired) electrons. The number of nitrogens with two attached hydrogens (primary N) is 1. The largest absolute Gasteiger partial charge is 0.492 e. The van der Waals surface area contributed by atoms with E-state index in [1.54, 1.807) is 24.3 Å². The van der Waals surface area contributed by atoms with Gasteiger partial charge in [-0.25, -0.2) is 4.39 Å². The Morgan fingerprint density at radius 2 is 2.10 bits per heavy atom. The predicted molar refractivity (Wildman–Crippen MR) is 77.3 cm³/mol. The highest BCUT2D eigenvalue weighted by atomic mass is 19.1. The fraction of sp³-hybridized carbons (Fsp3) is 0.143. The minimum atomic E-state index is -0.697. The number of rotatable bonds is 6. The first-order chi connectivity index (χ1) is 10.1. The molecule has 0 saturated carbocycles. The Kier molecular flexibility index (Phi) is 4.68. The summed E-state index contributed by atoms with van der Waals surface area (Å²) in [5.41, 5.74) is 5.82. The molecule has 0 heterocycles. The zero-order chi connectivity index (χ0) is 15.2. The van der Waals surface area contributed by atoms with Crippen LogP contribution in [0.15, 0.2) is 42.5 Å². The van der Waals surface area contributed by atoms with Gasteiger partial charge in [0.25, 0.3) is 5.69 Å². The quantitative estimate of drug-likeness (QED) is 0.631. The van der Waals surface area contributed by atoms with Gasteiger partial charge in [0.15, 0.2) is 5.82 Å². The number of nitro groups is 1. The summed E-state index contributed by atoms with van der Waals surface area (Å²) in [6, 6.07) is 10.4. The molecule has 3 N–H and O–H groups in total. The first-order valence-electron chi connectivity index (χ1n) is 6.24. The first-order valence-corrected chi connectivity index (χ1v) is 6.24. The Balaban J connectivity index is 2.16. The monoisotopic (exact) mass is 291 g/mol. The Hall–Kier alpha value is -2.67. The zero-order valence-corrected chi connectivity index (χ0v) is 11.1. The molecule has 0 aromatic heterocycles. The molecule has 0 aliphatic heterocycles. The van der Waals surface area contributed by atoms with Gasteiger partial charge in [-0.05, 0) is 18.2 Å². The van der Waals surface area contributed by atoms with E-state index in [1.807, 2.05) is 0 Å². The fourth-order valence-corrected chi connectivity index (χ4v) is 1.71. The van der Waals surface area contributed by atoms with E-state index in [4.69, 9.17) is 10.5 Å². The van der Waals surface area contributed by atoms with E-state index in [0.717, 1.165) is 6.07 Å². The summed E-state index contributed by atoms with van der Waals surface area (Å²) in [6.45, 7) is 0.782. The Labute approximate surface area is 120 Å². The number of non-ortho nitro benzene ring substituents is 1. The third-order valence-corrected chi connectivity index (χ3v) is 2.66. The number of anilines is 2. The van der Waals surface area contributed by atoms with Crippen molar-refractivity contribution in [2.75, 3.05) is 18.5 Å². The summed E-state index contributed by atoms with van der Waals surface area (Å²) in [7, 11) is 0. The van der Waals surface area contributed by atoms with E-state index in [1.165, 1.54) is 12.1 Å². The van der Waals surface area contributed by atoms with Gasteiger partial charge in [0.2, 0.25) is 0 Å². The minimum Gasteiger partial charge on any atom is -0.492 e. The predicted octanol–water partition coefficient (Wildman–Crippen LogP) is 2.82. The molecule has 7 heteroatoms. The van der Waals surface area contributed by atoms with Gasteiger partial charge in [0.05, 0.1) is 16.7 Å². The molecule has 6 nitrogen and oxygen atoms in total. The lowest BCUT2D eigenvalue weighted by atomic mass is 10.2. The van der Waals surface area contributed by atoms with Crippen LogP contribution in [0.25, 0.3) is 0 Å². The van der Waals surface area contributed by atoms with Crippen molar-refractivity contribution in [3.63, 3.8) is 0 Å². The SMILES string of the molecule is NCCOc1cccc(Nc2ccc([N+](=O)[O-])cc2F)c1. The normalized spacial score (nSPS) is 10.2. The van der Waals surface area contributed by atoms with Crippen molar-refractivity contribution in [2.45, 2.75) is 0 Å². The standard InChI is InChI=1S/C14H14FN3O3/c15-13-9-11(18(19)20)4-5-14(13)17-10-2-1-3-12(8-10)21-7-6-16/h1-5,8-9,17H,6-7,16H2. The molecule has 110 valence electrons. The van der Waals surface area contributed by atoms with Crippen LogP contribution in [0.2, 0.25) is 0 Å². The molecule has 2 aromatic carbocycles. The van der Waals surface area contributed by atoms with Crippen LogP contribution < -0.4 is 15.8 Å².